The molecule has 2 fully saturated rings. The molecule has 1 atom stereocenters. The van der Waals surface area contributed by atoms with Crippen LogP contribution in [0.3, 0.4) is 0 Å². The number of amides is 1. The highest BCUT2D eigenvalue weighted by atomic mass is 16.2. The Morgan fingerprint density at radius 2 is 2.23 bits per heavy atom. The van der Waals surface area contributed by atoms with Crippen molar-refractivity contribution < 1.29 is 4.79 Å². The number of nitrogens with one attached hydrogen (secondary N) is 1. The second-order valence-corrected chi connectivity index (χ2v) is 4.35. The molecule has 0 bridgehead atoms. The molecule has 0 aromatic heterocycles. The number of carbonyl (C=O) groups is 1. The van der Waals surface area contributed by atoms with Gasteiger partial charge in [-0.05, 0) is 31.7 Å². The van der Waals surface area contributed by atoms with Crippen molar-refractivity contribution in [2.75, 3.05) is 26.7 Å². The molecule has 0 aromatic rings. The number of carbonyl (C=O) groups excluding carboxylic acids is 1. The van der Waals surface area contributed by atoms with Crippen LogP contribution in [-0.4, -0.2) is 37.5 Å². The van der Waals surface area contributed by atoms with Crippen molar-refractivity contribution in [3.63, 3.8) is 0 Å². The van der Waals surface area contributed by atoms with E-state index >= 15 is 0 Å². The number of nitrogens with zero attached hydrogens (tertiary/aromatic N) is 1. The van der Waals surface area contributed by atoms with Crippen molar-refractivity contribution in [3.05, 3.63) is 0 Å². The molecule has 1 aliphatic heterocycles. The van der Waals surface area contributed by atoms with E-state index in [4.69, 9.17) is 0 Å². The molecule has 1 N–H and O–H groups in total. The van der Waals surface area contributed by atoms with Crippen LogP contribution < -0.4 is 5.32 Å². The smallest absolute Gasteiger partial charge is 0.226 e. The van der Waals surface area contributed by atoms with Gasteiger partial charge in [-0.2, -0.15) is 0 Å². The molecule has 1 heterocycles. The summed E-state index contributed by atoms with van der Waals surface area (Å²) in [7, 11) is 1.94. The van der Waals surface area contributed by atoms with E-state index in [1.54, 1.807) is 0 Å². The van der Waals surface area contributed by atoms with Crippen molar-refractivity contribution in [3.8, 4) is 0 Å². The fourth-order valence-electron chi connectivity index (χ4n) is 1.95. The minimum atomic E-state index is 0.253. The molecule has 74 valence electrons. The predicted octanol–water partition coefficient (Wildman–Crippen LogP) is 0.464. The Morgan fingerprint density at radius 3 is 2.77 bits per heavy atom. The Hall–Kier alpha value is -0.570. The maximum absolute atomic E-state index is 11.8. The van der Waals surface area contributed by atoms with Gasteiger partial charge in [0.1, 0.15) is 0 Å². The third-order valence-electron chi connectivity index (χ3n) is 3.01. The normalized spacial score (nSPS) is 27.6. The van der Waals surface area contributed by atoms with E-state index in [-0.39, 0.29) is 5.92 Å². The van der Waals surface area contributed by atoms with E-state index in [2.05, 4.69) is 5.32 Å². The van der Waals surface area contributed by atoms with Crippen molar-refractivity contribution in [2.24, 2.45) is 11.8 Å². The Balaban J connectivity index is 1.79. The molecule has 3 heteroatoms. The van der Waals surface area contributed by atoms with Gasteiger partial charge in [0.25, 0.3) is 0 Å². The molecule has 2 rings (SSSR count). The molecule has 1 saturated heterocycles. The molecule has 2 aliphatic rings. The lowest BCUT2D eigenvalue weighted by Crippen LogP contribution is -2.35. The highest BCUT2D eigenvalue weighted by Crippen LogP contribution is 2.29. The number of hydrogen-bond donors (Lipinski definition) is 1. The summed E-state index contributed by atoms with van der Waals surface area (Å²) in [6.45, 7) is 2.87. The lowest BCUT2D eigenvalue weighted by atomic mass is 10.1. The molecular formula is C10H18N2O. The van der Waals surface area contributed by atoms with Crippen molar-refractivity contribution >= 4 is 5.91 Å². The summed E-state index contributed by atoms with van der Waals surface area (Å²) in [6.07, 6.45) is 3.66. The summed E-state index contributed by atoms with van der Waals surface area (Å²) in [5.41, 5.74) is 0. The topological polar surface area (TPSA) is 32.3 Å². The molecule has 0 aromatic carbocycles. The Morgan fingerprint density at radius 1 is 1.46 bits per heavy atom. The summed E-state index contributed by atoms with van der Waals surface area (Å²) in [4.78, 5) is 13.7. The van der Waals surface area contributed by atoms with Gasteiger partial charge < -0.3 is 10.2 Å². The molecule has 0 spiro atoms. The van der Waals surface area contributed by atoms with E-state index in [1.807, 2.05) is 11.9 Å². The number of rotatable bonds is 3. The van der Waals surface area contributed by atoms with Gasteiger partial charge in [-0.1, -0.05) is 0 Å². The van der Waals surface area contributed by atoms with Crippen LogP contribution in [0.15, 0.2) is 0 Å². The van der Waals surface area contributed by atoms with E-state index in [0.29, 0.717) is 5.91 Å². The van der Waals surface area contributed by atoms with E-state index < -0.39 is 0 Å². The average molecular weight is 182 g/mol. The van der Waals surface area contributed by atoms with Crippen molar-refractivity contribution in [1.29, 1.82) is 0 Å². The summed E-state index contributed by atoms with van der Waals surface area (Å²) in [5.74, 6) is 1.41. The largest absolute Gasteiger partial charge is 0.345 e. The highest BCUT2D eigenvalue weighted by Gasteiger charge is 2.29. The van der Waals surface area contributed by atoms with Crippen LogP contribution in [0.5, 0.6) is 0 Å². The minimum absolute atomic E-state index is 0.253. The molecule has 1 saturated carbocycles. The first-order chi connectivity index (χ1) is 6.27. The third kappa shape index (κ3) is 2.21. The first kappa shape index (κ1) is 9.00. The molecule has 1 amide bonds. The van der Waals surface area contributed by atoms with E-state index in [0.717, 1.165) is 32.0 Å². The van der Waals surface area contributed by atoms with Gasteiger partial charge in [0.15, 0.2) is 0 Å². The summed E-state index contributed by atoms with van der Waals surface area (Å²) in [5, 5.41) is 3.23. The molecule has 1 aliphatic carbocycles. The first-order valence-corrected chi connectivity index (χ1v) is 5.23. The van der Waals surface area contributed by atoms with E-state index in [1.165, 1.54) is 12.8 Å². The highest BCUT2D eigenvalue weighted by molar-refractivity contribution is 5.79. The Kier molecular flexibility index (Phi) is 2.54. The second kappa shape index (κ2) is 3.66. The van der Waals surface area contributed by atoms with Gasteiger partial charge in [0.05, 0.1) is 5.92 Å². The van der Waals surface area contributed by atoms with Crippen LogP contribution in [0.2, 0.25) is 0 Å². The maximum Gasteiger partial charge on any atom is 0.226 e. The van der Waals surface area contributed by atoms with Crippen LogP contribution in [0.1, 0.15) is 19.3 Å². The molecule has 1 unspecified atom stereocenters. The summed E-state index contributed by atoms with van der Waals surface area (Å²) < 4.78 is 0. The van der Waals surface area contributed by atoms with E-state index in [9.17, 15) is 4.79 Å². The minimum Gasteiger partial charge on any atom is -0.345 e. The standard InChI is InChI=1S/C10H18N2O/c1-12(7-8-2-3-8)10(13)9-4-5-11-6-9/h8-9,11H,2-7H2,1H3. The number of hydrogen-bond acceptors (Lipinski definition) is 2. The van der Waals surface area contributed by atoms with Crippen LogP contribution in [0.25, 0.3) is 0 Å². The van der Waals surface area contributed by atoms with Gasteiger partial charge in [-0.3, -0.25) is 4.79 Å². The fourth-order valence-corrected chi connectivity index (χ4v) is 1.95. The van der Waals surface area contributed by atoms with Gasteiger partial charge in [-0.15, -0.1) is 0 Å². The first-order valence-electron chi connectivity index (χ1n) is 5.23. The molecular weight excluding hydrogens is 164 g/mol. The Labute approximate surface area is 79.5 Å². The van der Waals surface area contributed by atoms with Gasteiger partial charge in [-0.25, -0.2) is 0 Å². The lowest BCUT2D eigenvalue weighted by molar-refractivity contribution is -0.133. The zero-order valence-electron chi connectivity index (χ0n) is 8.25. The Bertz CT molecular complexity index is 195. The van der Waals surface area contributed by atoms with Crippen LogP contribution in [0, 0.1) is 11.8 Å². The molecule has 13 heavy (non-hydrogen) atoms. The monoisotopic (exact) mass is 182 g/mol. The zero-order chi connectivity index (χ0) is 9.26. The fraction of sp³-hybridized carbons (Fsp3) is 0.900. The predicted molar refractivity (Wildman–Crippen MR) is 51.3 cm³/mol. The average Bonchev–Trinajstić information content (AvgIpc) is 2.78. The third-order valence-corrected chi connectivity index (χ3v) is 3.01. The van der Waals surface area contributed by atoms with Crippen LogP contribution >= 0.6 is 0 Å². The molecule has 3 nitrogen and oxygen atoms in total. The van der Waals surface area contributed by atoms with Crippen LogP contribution in [0.4, 0.5) is 0 Å². The van der Waals surface area contributed by atoms with Gasteiger partial charge >= 0.3 is 0 Å². The quantitative estimate of drug-likeness (QED) is 0.688. The summed E-state index contributed by atoms with van der Waals surface area (Å²) in [6, 6.07) is 0. The lowest BCUT2D eigenvalue weighted by Gasteiger charge is -2.20. The van der Waals surface area contributed by atoms with Gasteiger partial charge in [0.2, 0.25) is 5.91 Å². The zero-order valence-corrected chi connectivity index (χ0v) is 8.25. The summed E-state index contributed by atoms with van der Waals surface area (Å²) >= 11 is 0. The SMILES string of the molecule is CN(CC1CC1)C(=O)C1CCNC1. The van der Waals surface area contributed by atoms with Crippen molar-refractivity contribution in [2.45, 2.75) is 19.3 Å². The van der Waals surface area contributed by atoms with Gasteiger partial charge in [0, 0.05) is 20.1 Å². The van der Waals surface area contributed by atoms with Crippen LogP contribution in [-0.2, 0) is 4.79 Å². The molecule has 0 radical (unpaired) electrons. The second-order valence-electron chi connectivity index (χ2n) is 4.35. The van der Waals surface area contributed by atoms with Crippen molar-refractivity contribution in [1.82, 2.24) is 10.2 Å². The maximum atomic E-state index is 11.8.